The van der Waals surface area contributed by atoms with E-state index in [2.05, 4.69) is 20.1 Å². The summed E-state index contributed by atoms with van der Waals surface area (Å²) < 4.78 is 10.5. The Labute approximate surface area is 169 Å². The van der Waals surface area contributed by atoms with Crippen LogP contribution < -0.4 is 11.1 Å². The summed E-state index contributed by atoms with van der Waals surface area (Å²) in [5.74, 6) is 1.26. The molecule has 0 aromatic heterocycles. The summed E-state index contributed by atoms with van der Waals surface area (Å²) in [6, 6.07) is 0. The van der Waals surface area contributed by atoms with E-state index in [1.165, 1.54) is 12.8 Å². The van der Waals surface area contributed by atoms with Gasteiger partial charge in [0.05, 0.1) is 19.8 Å². The Hall–Kier alpha value is -0.160. The third-order valence-corrected chi connectivity index (χ3v) is 4.90. The first kappa shape index (κ1) is 22.9. The van der Waals surface area contributed by atoms with Gasteiger partial charge in [-0.3, -0.25) is 9.89 Å². The van der Waals surface area contributed by atoms with E-state index in [1.54, 1.807) is 7.11 Å². The van der Waals surface area contributed by atoms with Crippen LogP contribution in [0.4, 0.5) is 0 Å². The maximum Gasteiger partial charge on any atom is 0.188 e. The lowest BCUT2D eigenvalue weighted by molar-refractivity contribution is 0.0376. The Morgan fingerprint density at radius 1 is 1.16 bits per heavy atom. The lowest BCUT2D eigenvalue weighted by atomic mass is 9.97. The molecule has 148 valence electrons. The van der Waals surface area contributed by atoms with E-state index < -0.39 is 0 Å². The SMILES string of the molecule is COCCN1CCC(CN=C(N)NCCCN2CCOCC2)CC1.I. The number of rotatable bonds is 9. The average Bonchev–Trinajstić information content (AvgIpc) is 2.63. The van der Waals surface area contributed by atoms with Crippen molar-refractivity contribution in [1.29, 1.82) is 0 Å². The van der Waals surface area contributed by atoms with Gasteiger partial charge in [0, 0.05) is 39.8 Å². The van der Waals surface area contributed by atoms with E-state index >= 15 is 0 Å². The number of nitrogens with zero attached hydrogens (tertiary/aromatic N) is 3. The summed E-state index contributed by atoms with van der Waals surface area (Å²) in [5.41, 5.74) is 5.98. The third-order valence-electron chi connectivity index (χ3n) is 4.90. The molecule has 0 aromatic carbocycles. The van der Waals surface area contributed by atoms with Gasteiger partial charge in [0.2, 0.25) is 0 Å². The monoisotopic (exact) mass is 469 g/mol. The maximum atomic E-state index is 5.98. The number of aliphatic imine (C=N–C) groups is 1. The molecule has 25 heavy (non-hydrogen) atoms. The fourth-order valence-electron chi connectivity index (χ4n) is 3.24. The second kappa shape index (κ2) is 14.0. The number of methoxy groups -OCH3 is 1. The molecule has 7 nitrogen and oxygen atoms in total. The normalized spacial score (nSPS) is 21.1. The van der Waals surface area contributed by atoms with E-state index in [1.807, 2.05) is 0 Å². The molecular formula is C17H36IN5O2. The van der Waals surface area contributed by atoms with Crippen molar-refractivity contribution in [3.63, 3.8) is 0 Å². The van der Waals surface area contributed by atoms with Gasteiger partial charge in [-0.15, -0.1) is 24.0 Å². The Morgan fingerprint density at radius 3 is 2.52 bits per heavy atom. The minimum Gasteiger partial charge on any atom is -0.383 e. The summed E-state index contributed by atoms with van der Waals surface area (Å²) >= 11 is 0. The first-order valence-electron chi connectivity index (χ1n) is 9.33. The molecule has 0 radical (unpaired) electrons. The molecule has 0 saturated carbocycles. The van der Waals surface area contributed by atoms with Crippen molar-refractivity contribution in [2.24, 2.45) is 16.6 Å². The van der Waals surface area contributed by atoms with Crippen LogP contribution in [0.1, 0.15) is 19.3 Å². The molecule has 2 fully saturated rings. The number of piperidine rings is 1. The van der Waals surface area contributed by atoms with Crippen molar-refractivity contribution in [2.75, 3.05) is 79.3 Å². The lowest BCUT2D eigenvalue weighted by Gasteiger charge is -2.31. The summed E-state index contributed by atoms with van der Waals surface area (Å²) in [7, 11) is 1.76. The first-order valence-corrected chi connectivity index (χ1v) is 9.33. The molecule has 3 N–H and O–H groups in total. The van der Waals surface area contributed by atoms with Crippen LogP contribution in [0.2, 0.25) is 0 Å². The van der Waals surface area contributed by atoms with Crippen molar-refractivity contribution in [3.05, 3.63) is 0 Å². The second-order valence-electron chi connectivity index (χ2n) is 6.74. The molecule has 0 aromatic rings. The van der Waals surface area contributed by atoms with Crippen LogP contribution in [0.15, 0.2) is 4.99 Å². The zero-order chi connectivity index (χ0) is 17.0. The van der Waals surface area contributed by atoms with Gasteiger partial charge < -0.3 is 25.4 Å². The number of ether oxygens (including phenoxy) is 2. The molecule has 2 aliphatic heterocycles. The van der Waals surface area contributed by atoms with Crippen LogP contribution >= 0.6 is 24.0 Å². The number of morpholine rings is 1. The van der Waals surface area contributed by atoms with Gasteiger partial charge in [-0.25, -0.2) is 0 Å². The third kappa shape index (κ3) is 9.93. The van der Waals surface area contributed by atoms with Gasteiger partial charge in [-0.05, 0) is 44.8 Å². The first-order chi connectivity index (χ1) is 11.8. The Balaban J connectivity index is 0.00000312. The smallest absolute Gasteiger partial charge is 0.188 e. The highest BCUT2D eigenvalue weighted by Crippen LogP contribution is 2.17. The van der Waals surface area contributed by atoms with Crippen LogP contribution in [0.3, 0.4) is 0 Å². The van der Waals surface area contributed by atoms with E-state index in [0.29, 0.717) is 11.9 Å². The van der Waals surface area contributed by atoms with Crippen LogP contribution in [0.5, 0.6) is 0 Å². The predicted octanol–water partition coefficient (Wildman–Crippen LogP) is 0.589. The maximum absolute atomic E-state index is 5.98. The Morgan fingerprint density at radius 2 is 1.84 bits per heavy atom. The van der Waals surface area contributed by atoms with Gasteiger partial charge in [-0.1, -0.05) is 0 Å². The van der Waals surface area contributed by atoms with E-state index in [4.69, 9.17) is 15.2 Å². The van der Waals surface area contributed by atoms with Gasteiger partial charge in [0.25, 0.3) is 0 Å². The van der Waals surface area contributed by atoms with Crippen LogP contribution in [0.25, 0.3) is 0 Å². The second-order valence-corrected chi connectivity index (χ2v) is 6.74. The molecular weight excluding hydrogens is 433 g/mol. The van der Waals surface area contributed by atoms with Gasteiger partial charge in [-0.2, -0.15) is 0 Å². The molecule has 0 unspecified atom stereocenters. The Kier molecular flexibility index (Phi) is 12.8. The zero-order valence-corrected chi connectivity index (χ0v) is 18.0. The van der Waals surface area contributed by atoms with Gasteiger partial charge in [0.15, 0.2) is 5.96 Å². The highest BCUT2D eigenvalue weighted by Gasteiger charge is 2.18. The minimum atomic E-state index is 0. The fraction of sp³-hybridized carbons (Fsp3) is 0.941. The molecule has 0 spiro atoms. The number of likely N-dealkylation sites (tertiary alicyclic amines) is 1. The van der Waals surface area contributed by atoms with E-state index in [0.717, 1.165) is 78.6 Å². The molecule has 0 aliphatic carbocycles. The van der Waals surface area contributed by atoms with E-state index in [9.17, 15) is 0 Å². The summed E-state index contributed by atoms with van der Waals surface area (Å²) in [6.45, 7) is 10.8. The average molecular weight is 469 g/mol. The fourth-order valence-corrected chi connectivity index (χ4v) is 3.24. The minimum absolute atomic E-state index is 0. The van der Waals surface area contributed by atoms with Gasteiger partial charge >= 0.3 is 0 Å². The van der Waals surface area contributed by atoms with Crippen molar-refractivity contribution in [3.8, 4) is 0 Å². The van der Waals surface area contributed by atoms with Crippen LogP contribution in [0, 0.1) is 5.92 Å². The van der Waals surface area contributed by atoms with Crippen molar-refractivity contribution < 1.29 is 9.47 Å². The number of nitrogens with two attached hydrogens (primary N) is 1. The number of nitrogens with one attached hydrogen (secondary N) is 1. The van der Waals surface area contributed by atoms with Crippen molar-refractivity contribution in [1.82, 2.24) is 15.1 Å². The Bertz CT molecular complexity index is 359. The molecule has 2 heterocycles. The summed E-state index contributed by atoms with van der Waals surface area (Å²) in [5, 5.41) is 3.24. The van der Waals surface area contributed by atoms with Crippen LogP contribution in [-0.2, 0) is 9.47 Å². The molecule has 2 aliphatic rings. The predicted molar refractivity (Wildman–Crippen MR) is 113 cm³/mol. The highest BCUT2D eigenvalue weighted by atomic mass is 127. The molecule has 0 bridgehead atoms. The summed E-state index contributed by atoms with van der Waals surface area (Å²) in [6.07, 6.45) is 3.50. The van der Waals surface area contributed by atoms with E-state index in [-0.39, 0.29) is 24.0 Å². The quantitative estimate of drug-likeness (QED) is 0.223. The summed E-state index contributed by atoms with van der Waals surface area (Å²) in [4.78, 5) is 9.44. The molecule has 8 heteroatoms. The molecule has 0 amide bonds. The highest BCUT2D eigenvalue weighted by molar-refractivity contribution is 14.0. The van der Waals surface area contributed by atoms with Crippen LogP contribution in [-0.4, -0.2) is 95.0 Å². The van der Waals surface area contributed by atoms with Crippen molar-refractivity contribution in [2.45, 2.75) is 19.3 Å². The van der Waals surface area contributed by atoms with Crippen molar-refractivity contribution >= 4 is 29.9 Å². The number of halogens is 1. The topological polar surface area (TPSA) is 75.3 Å². The standard InChI is InChI=1S/C17H35N5O2.HI/c1-23-12-9-22-7-3-16(4-8-22)15-20-17(18)19-5-2-6-21-10-13-24-14-11-21;/h16H,2-15H2,1H3,(H3,18,19,20);1H. The number of hydrogen-bond donors (Lipinski definition) is 2. The molecule has 2 saturated heterocycles. The lowest BCUT2D eigenvalue weighted by Crippen LogP contribution is -2.39. The number of hydrogen-bond acceptors (Lipinski definition) is 5. The molecule has 0 atom stereocenters. The largest absolute Gasteiger partial charge is 0.383 e. The zero-order valence-electron chi connectivity index (χ0n) is 15.6. The molecule has 2 rings (SSSR count). The van der Waals surface area contributed by atoms with Gasteiger partial charge in [0.1, 0.15) is 0 Å². The number of guanidine groups is 1.